The van der Waals surface area contributed by atoms with E-state index in [1.165, 1.54) is 11.1 Å². The first-order valence-corrected chi connectivity index (χ1v) is 9.82. The van der Waals surface area contributed by atoms with Gasteiger partial charge in [-0.15, -0.1) is 0 Å². The van der Waals surface area contributed by atoms with Gasteiger partial charge in [0.15, 0.2) is 0 Å². The fourth-order valence-corrected chi connectivity index (χ4v) is 3.90. The Kier molecular flexibility index (Phi) is 4.99. The van der Waals surface area contributed by atoms with Crippen molar-refractivity contribution in [3.05, 3.63) is 59.8 Å². The minimum Gasteiger partial charge on any atom is -0.351 e. The van der Waals surface area contributed by atoms with Crippen LogP contribution in [0.4, 0.5) is 0 Å². The number of aromatic nitrogens is 1. The molecule has 1 saturated carbocycles. The van der Waals surface area contributed by atoms with Gasteiger partial charge in [0, 0.05) is 23.5 Å². The van der Waals surface area contributed by atoms with E-state index in [4.69, 9.17) is 5.73 Å². The van der Waals surface area contributed by atoms with Crippen LogP contribution in [0.1, 0.15) is 41.7 Å². The molecule has 1 aromatic heterocycles. The van der Waals surface area contributed by atoms with Crippen LogP contribution >= 0.6 is 0 Å². The Labute approximate surface area is 160 Å². The zero-order valence-electron chi connectivity index (χ0n) is 15.8. The number of benzene rings is 2. The number of nitrogens with one attached hydrogen (secondary N) is 2. The predicted molar refractivity (Wildman–Crippen MR) is 111 cm³/mol. The van der Waals surface area contributed by atoms with Crippen molar-refractivity contribution in [3.8, 4) is 11.1 Å². The molecule has 0 bridgehead atoms. The zero-order valence-corrected chi connectivity index (χ0v) is 15.8. The summed E-state index contributed by atoms with van der Waals surface area (Å²) in [4.78, 5) is 15.8. The summed E-state index contributed by atoms with van der Waals surface area (Å²) in [5.41, 5.74) is 11.1. The lowest BCUT2D eigenvalue weighted by atomic mass is 9.86. The number of rotatable bonds is 4. The summed E-state index contributed by atoms with van der Waals surface area (Å²) >= 11 is 0. The number of carbonyl (C=O) groups excluding carboxylic acids is 1. The summed E-state index contributed by atoms with van der Waals surface area (Å²) in [6.45, 7) is 2.82. The number of aromatic amines is 1. The van der Waals surface area contributed by atoms with Crippen molar-refractivity contribution in [1.29, 1.82) is 0 Å². The highest BCUT2D eigenvalue weighted by Gasteiger charge is 2.19. The fourth-order valence-electron chi connectivity index (χ4n) is 3.90. The molecule has 0 atom stereocenters. The molecule has 0 spiro atoms. The second-order valence-electron chi connectivity index (χ2n) is 7.84. The minimum absolute atomic E-state index is 0.0297. The number of hydrogen-bond acceptors (Lipinski definition) is 2. The number of fused-ring (bicyclic) bond motifs is 1. The highest BCUT2D eigenvalue weighted by molar-refractivity contribution is 5.98. The molecule has 27 heavy (non-hydrogen) atoms. The third-order valence-electron chi connectivity index (χ3n) is 5.69. The Hall–Kier alpha value is -2.59. The van der Waals surface area contributed by atoms with E-state index in [0.717, 1.165) is 48.7 Å². The molecule has 4 rings (SSSR count). The summed E-state index contributed by atoms with van der Waals surface area (Å²) in [5.74, 6) is 0.518. The summed E-state index contributed by atoms with van der Waals surface area (Å²) in [6.07, 6.45) is 4.34. The van der Waals surface area contributed by atoms with Crippen LogP contribution in [0.2, 0.25) is 0 Å². The topological polar surface area (TPSA) is 70.9 Å². The third kappa shape index (κ3) is 4.06. The standard InChI is InChI=1S/C23H27N3O/c1-15-2-6-17(7-3-15)18-8-9-19-13-22(26-21(19)12-18)23(27)25-14-16-4-10-20(24)11-5-16/h2-3,6-9,12-13,16,20,26H,4-5,10-11,14,24H2,1H3,(H,25,27). The monoisotopic (exact) mass is 361 g/mol. The van der Waals surface area contributed by atoms with Crippen LogP contribution in [0.5, 0.6) is 0 Å². The Morgan fingerprint density at radius 3 is 2.48 bits per heavy atom. The van der Waals surface area contributed by atoms with E-state index in [0.29, 0.717) is 17.7 Å². The van der Waals surface area contributed by atoms with E-state index in [1.807, 2.05) is 6.07 Å². The molecule has 4 N–H and O–H groups in total. The van der Waals surface area contributed by atoms with Gasteiger partial charge in [0.25, 0.3) is 5.91 Å². The Morgan fingerprint density at radius 1 is 1.04 bits per heavy atom. The van der Waals surface area contributed by atoms with Gasteiger partial charge in [0.05, 0.1) is 0 Å². The van der Waals surface area contributed by atoms with Crippen molar-refractivity contribution in [3.63, 3.8) is 0 Å². The quantitative estimate of drug-likeness (QED) is 0.645. The maximum Gasteiger partial charge on any atom is 0.267 e. The van der Waals surface area contributed by atoms with Gasteiger partial charge in [-0.2, -0.15) is 0 Å². The first-order chi connectivity index (χ1) is 13.1. The van der Waals surface area contributed by atoms with Gasteiger partial charge in [-0.3, -0.25) is 4.79 Å². The van der Waals surface area contributed by atoms with Gasteiger partial charge in [0.2, 0.25) is 0 Å². The van der Waals surface area contributed by atoms with Crippen molar-refractivity contribution in [2.45, 2.75) is 38.6 Å². The van der Waals surface area contributed by atoms with E-state index in [-0.39, 0.29) is 5.91 Å². The van der Waals surface area contributed by atoms with E-state index < -0.39 is 0 Å². The molecule has 3 aromatic rings. The zero-order chi connectivity index (χ0) is 18.8. The lowest BCUT2D eigenvalue weighted by Gasteiger charge is -2.25. The molecule has 1 aliphatic rings. The van der Waals surface area contributed by atoms with Crippen LogP contribution in [-0.4, -0.2) is 23.5 Å². The highest BCUT2D eigenvalue weighted by Crippen LogP contribution is 2.26. The van der Waals surface area contributed by atoms with E-state index >= 15 is 0 Å². The molecule has 0 unspecified atom stereocenters. The van der Waals surface area contributed by atoms with E-state index in [9.17, 15) is 4.79 Å². The fraction of sp³-hybridized carbons (Fsp3) is 0.348. The number of hydrogen-bond donors (Lipinski definition) is 3. The second-order valence-corrected chi connectivity index (χ2v) is 7.84. The normalized spacial score (nSPS) is 19.9. The highest BCUT2D eigenvalue weighted by atomic mass is 16.1. The molecule has 1 aliphatic carbocycles. The lowest BCUT2D eigenvalue weighted by molar-refractivity contribution is 0.0939. The van der Waals surface area contributed by atoms with Crippen LogP contribution < -0.4 is 11.1 Å². The predicted octanol–water partition coefficient (Wildman–Crippen LogP) is 4.39. The van der Waals surface area contributed by atoms with Crippen molar-refractivity contribution >= 4 is 16.8 Å². The van der Waals surface area contributed by atoms with Crippen molar-refractivity contribution < 1.29 is 4.79 Å². The minimum atomic E-state index is -0.0297. The molecule has 0 aliphatic heterocycles. The molecule has 4 nitrogen and oxygen atoms in total. The maximum atomic E-state index is 12.5. The number of amides is 1. The SMILES string of the molecule is Cc1ccc(-c2ccc3cc(C(=O)NCC4CCC(N)CC4)[nH]c3c2)cc1. The van der Waals surface area contributed by atoms with Gasteiger partial charge in [0.1, 0.15) is 5.69 Å². The van der Waals surface area contributed by atoms with Gasteiger partial charge in [-0.05, 0) is 61.8 Å². The molecule has 2 aromatic carbocycles. The summed E-state index contributed by atoms with van der Waals surface area (Å²) < 4.78 is 0. The molecule has 1 heterocycles. The molecule has 140 valence electrons. The first kappa shape index (κ1) is 17.8. The van der Waals surface area contributed by atoms with Crippen LogP contribution in [0.15, 0.2) is 48.5 Å². The van der Waals surface area contributed by atoms with Gasteiger partial charge in [-0.25, -0.2) is 0 Å². The molecular weight excluding hydrogens is 334 g/mol. The Balaban J connectivity index is 1.46. The molecule has 0 radical (unpaired) electrons. The Bertz CT molecular complexity index is 934. The molecule has 1 fully saturated rings. The Morgan fingerprint density at radius 2 is 1.74 bits per heavy atom. The lowest BCUT2D eigenvalue weighted by Crippen LogP contribution is -2.34. The molecule has 4 heteroatoms. The van der Waals surface area contributed by atoms with Crippen molar-refractivity contribution in [1.82, 2.24) is 10.3 Å². The van der Waals surface area contributed by atoms with Gasteiger partial charge >= 0.3 is 0 Å². The van der Waals surface area contributed by atoms with Crippen LogP contribution in [0.3, 0.4) is 0 Å². The number of nitrogens with two attached hydrogens (primary N) is 1. The maximum absolute atomic E-state index is 12.5. The number of carbonyl (C=O) groups is 1. The second kappa shape index (κ2) is 7.57. The average Bonchev–Trinajstić information content (AvgIpc) is 3.11. The van der Waals surface area contributed by atoms with E-state index in [2.05, 4.69) is 59.7 Å². The number of aryl methyl sites for hydroxylation is 1. The summed E-state index contributed by atoms with van der Waals surface area (Å²) in [5, 5.41) is 4.14. The smallest absolute Gasteiger partial charge is 0.267 e. The van der Waals surface area contributed by atoms with E-state index in [1.54, 1.807) is 0 Å². The van der Waals surface area contributed by atoms with Crippen molar-refractivity contribution in [2.75, 3.05) is 6.54 Å². The largest absolute Gasteiger partial charge is 0.351 e. The first-order valence-electron chi connectivity index (χ1n) is 9.82. The van der Waals surface area contributed by atoms with Gasteiger partial charge in [-0.1, -0.05) is 42.0 Å². The van der Waals surface area contributed by atoms with Gasteiger partial charge < -0.3 is 16.0 Å². The number of H-pyrrole nitrogens is 1. The van der Waals surface area contributed by atoms with Crippen LogP contribution in [-0.2, 0) is 0 Å². The van der Waals surface area contributed by atoms with Crippen molar-refractivity contribution in [2.24, 2.45) is 11.7 Å². The van der Waals surface area contributed by atoms with Crippen LogP contribution in [0, 0.1) is 12.8 Å². The molecule has 0 saturated heterocycles. The third-order valence-corrected chi connectivity index (χ3v) is 5.69. The average molecular weight is 361 g/mol. The molecular formula is C23H27N3O. The summed E-state index contributed by atoms with van der Waals surface area (Å²) in [7, 11) is 0. The summed E-state index contributed by atoms with van der Waals surface area (Å²) in [6, 6.07) is 17.0. The molecule has 1 amide bonds. The van der Waals surface area contributed by atoms with Crippen LogP contribution in [0.25, 0.3) is 22.0 Å².